The lowest BCUT2D eigenvalue weighted by Crippen LogP contribution is -2.16. The van der Waals surface area contributed by atoms with Gasteiger partial charge in [0, 0.05) is 5.56 Å². The highest BCUT2D eigenvalue weighted by atomic mass is 19.3. The maximum absolute atomic E-state index is 12.4. The second-order valence-corrected chi connectivity index (χ2v) is 6.52. The Labute approximate surface area is 171 Å². The number of aromatic nitrogens is 1. The molecule has 0 unspecified atom stereocenters. The summed E-state index contributed by atoms with van der Waals surface area (Å²) in [4.78, 5) is 16.9. The largest absolute Gasteiger partial charge is 0.486 e. The van der Waals surface area contributed by atoms with Crippen molar-refractivity contribution in [2.24, 2.45) is 0 Å². The van der Waals surface area contributed by atoms with Crippen molar-refractivity contribution in [1.82, 2.24) is 4.98 Å². The Morgan fingerprint density at radius 1 is 1.03 bits per heavy atom. The van der Waals surface area contributed by atoms with Crippen molar-refractivity contribution in [3.05, 3.63) is 66.2 Å². The van der Waals surface area contributed by atoms with E-state index in [1.54, 1.807) is 24.3 Å². The fraction of sp³-hybridized carbons (Fsp3) is 0.182. The minimum Gasteiger partial charge on any atom is -0.486 e. The maximum atomic E-state index is 12.4. The maximum Gasteiger partial charge on any atom is 0.387 e. The molecule has 0 saturated heterocycles. The van der Waals surface area contributed by atoms with E-state index >= 15 is 0 Å². The average molecular weight is 412 g/mol. The van der Waals surface area contributed by atoms with E-state index in [4.69, 9.17) is 9.47 Å². The van der Waals surface area contributed by atoms with E-state index < -0.39 is 6.61 Å². The molecule has 1 aliphatic heterocycles. The van der Waals surface area contributed by atoms with Crippen LogP contribution in [0.3, 0.4) is 0 Å². The summed E-state index contributed by atoms with van der Waals surface area (Å²) in [5, 5.41) is 2.73. The Bertz CT molecular complexity index is 1060. The van der Waals surface area contributed by atoms with Crippen molar-refractivity contribution in [2.45, 2.75) is 13.0 Å². The van der Waals surface area contributed by atoms with Crippen molar-refractivity contribution in [3.63, 3.8) is 0 Å². The van der Waals surface area contributed by atoms with Crippen LogP contribution < -0.4 is 19.5 Å². The van der Waals surface area contributed by atoms with Crippen LogP contribution in [0.1, 0.15) is 5.56 Å². The topological polar surface area (TPSA) is 69.7 Å². The number of hydrogen-bond donors (Lipinski definition) is 1. The van der Waals surface area contributed by atoms with Gasteiger partial charge in [-0.05, 0) is 48.0 Å². The predicted molar refractivity (Wildman–Crippen MR) is 106 cm³/mol. The van der Waals surface area contributed by atoms with Gasteiger partial charge in [0.15, 0.2) is 11.5 Å². The Morgan fingerprint density at radius 3 is 2.67 bits per heavy atom. The number of carbonyl (C=O) groups is 1. The molecule has 8 heteroatoms. The molecule has 1 amide bonds. The number of alkyl halides is 2. The number of benzene rings is 2. The molecule has 154 valence electrons. The zero-order chi connectivity index (χ0) is 20.9. The lowest BCUT2D eigenvalue weighted by atomic mass is 10.1. The van der Waals surface area contributed by atoms with Gasteiger partial charge in [-0.3, -0.25) is 4.79 Å². The molecular weight excluding hydrogens is 394 g/mol. The summed E-state index contributed by atoms with van der Waals surface area (Å²) in [6, 6.07) is 16.9. The SMILES string of the molecule is O=C(Cc1cccc(OC(F)F)c1)Nc1cccc(-c2ccc3c(c2)OCCO3)n1. The Morgan fingerprint density at radius 2 is 1.83 bits per heavy atom. The molecule has 0 atom stereocenters. The van der Waals surface area contributed by atoms with Crippen LogP contribution in [0.5, 0.6) is 17.2 Å². The third-order valence-electron chi connectivity index (χ3n) is 4.34. The minimum absolute atomic E-state index is 0.00360. The van der Waals surface area contributed by atoms with Gasteiger partial charge in [-0.1, -0.05) is 18.2 Å². The van der Waals surface area contributed by atoms with Gasteiger partial charge in [-0.15, -0.1) is 0 Å². The van der Waals surface area contributed by atoms with E-state index in [0.29, 0.717) is 41.8 Å². The first-order chi connectivity index (χ1) is 14.6. The fourth-order valence-corrected chi connectivity index (χ4v) is 3.07. The zero-order valence-corrected chi connectivity index (χ0v) is 15.8. The molecule has 1 aliphatic rings. The number of rotatable bonds is 6. The molecule has 1 aromatic heterocycles. The summed E-state index contributed by atoms with van der Waals surface area (Å²) in [5.74, 6) is 1.41. The van der Waals surface area contributed by atoms with E-state index in [1.165, 1.54) is 12.1 Å². The van der Waals surface area contributed by atoms with Crippen molar-refractivity contribution in [1.29, 1.82) is 0 Å². The summed E-state index contributed by atoms with van der Waals surface area (Å²) in [6.07, 6.45) is -0.00360. The molecule has 0 aliphatic carbocycles. The van der Waals surface area contributed by atoms with Gasteiger partial charge in [0.1, 0.15) is 24.8 Å². The summed E-state index contributed by atoms with van der Waals surface area (Å²) in [7, 11) is 0. The monoisotopic (exact) mass is 412 g/mol. The third kappa shape index (κ3) is 4.83. The second kappa shape index (κ2) is 8.77. The van der Waals surface area contributed by atoms with Gasteiger partial charge < -0.3 is 19.5 Å². The molecule has 6 nitrogen and oxygen atoms in total. The molecule has 0 spiro atoms. The summed E-state index contributed by atoms with van der Waals surface area (Å²) in [5.41, 5.74) is 2.04. The Balaban J connectivity index is 1.45. The first-order valence-electron chi connectivity index (χ1n) is 9.27. The number of pyridine rings is 1. The van der Waals surface area contributed by atoms with Crippen LogP contribution in [-0.2, 0) is 11.2 Å². The standard InChI is InChI=1S/C22H18F2N2O4/c23-22(24)30-16-4-1-3-14(11-16)12-21(27)26-20-6-2-5-17(25-20)15-7-8-18-19(13-15)29-10-9-28-18/h1-8,11,13,22H,9-10,12H2,(H,25,26,27). The normalized spacial score (nSPS) is 12.5. The van der Waals surface area contributed by atoms with Crippen molar-refractivity contribution in [2.75, 3.05) is 18.5 Å². The third-order valence-corrected chi connectivity index (χ3v) is 4.34. The van der Waals surface area contributed by atoms with Crippen LogP contribution in [0, 0.1) is 0 Å². The zero-order valence-electron chi connectivity index (χ0n) is 15.8. The number of fused-ring (bicyclic) bond motifs is 1. The Hall–Kier alpha value is -3.68. The molecule has 0 bridgehead atoms. The van der Waals surface area contributed by atoms with Crippen LogP contribution >= 0.6 is 0 Å². The van der Waals surface area contributed by atoms with E-state index in [-0.39, 0.29) is 18.1 Å². The van der Waals surface area contributed by atoms with Gasteiger partial charge in [0.2, 0.25) is 5.91 Å². The lowest BCUT2D eigenvalue weighted by molar-refractivity contribution is -0.115. The highest BCUT2D eigenvalue weighted by Gasteiger charge is 2.14. The van der Waals surface area contributed by atoms with Gasteiger partial charge in [0.05, 0.1) is 12.1 Å². The number of nitrogens with one attached hydrogen (secondary N) is 1. The fourth-order valence-electron chi connectivity index (χ4n) is 3.07. The molecule has 2 aromatic carbocycles. The highest BCUT2D eigenvalue weighted by molar-refractivity contribution is 5.91. The number of hydrogen-bond acceptors (Lipinski definition) is 5. The first kappa shape index (κ1) is 19.6. The van der Waals surface area contributed by atoms with Crippen LogP contribution in [-0.4, -0.2) is 30.7 Å². The highest BCUT2D eigenvalue weighted by Crippen LogP contribution is 2.34. The van der Waals surface area contributed by atoms with Gasteiger partial charge in [0.25, 0.3) is 0 Å². The molecule has 1 N–H and O–H groups in total. The van der Waals surface area contributed by atoms with E-state index in [1.807, 2.05) is 24.3 Å². The Kier molecular flexibility index (Phi) is 5.74. The molecule has 0 saturated carbocycles. The summed E-state index contributed by atoms with van der Waals surface area (Å²) in [6.45, 7) is -1.91. The van der Waals surface area contributed by atoms with Crippen LogP contribution in [0.4, 0.5) is 14.6 Å². The second-order valence-electron chi connectivity index (χ2n) is 6.52. The van der Waals surface area contributed by atoms with Gasteiger partial charge >= 0.3 is 6.61 Å². The first-order valence-corrected chi connectivity index (χ1v) is 9.27. The van der Waals surface area contributed by atoms with Crippen LogP contribution in [0.15, 0.2) is 60.7 Å². The van der Waals surface area contributed by atoms with E-state index in [0.717, 1.165) is 5.56 Å². The smallest absolute Gasteiger partial charge is 0.387 e. The quantitative estimate of drug-likeness (QED) is 0.654. The lowest BCUT2D eigenvalue weighted by Gasteiger charge is -2.18. The summed E-state index contributed by atoms with van der Waals surface area (Å²) >= 11 is 0. The molecule has 0 radical (unpaired) electrons. The predicted octanol–water partition coefficient (Wildman–Crippen LogP) is 4.30. The number of amides is 1. The average Bonchev–Trinajstić information content (AvgIpc) is 2.73. The number of carbonyl (C=O) groups excluding carboxylic acids is 1. The molecule has 0 fully saturated rings. The molecule has 30 heavy (non-hydrogen) atoms. The molecule has 3 aromatic rings. The molecule has 4 rings (SSSR count). The molecule has 2 heterocycles. The minimum atomic E-state index is -2.92. The summed E-state index contributed by atoms with van der Waals surface area (Å²) < 4.78 is 40.2. The van der Waals surface area contributed by atoms with Crippen LogP contribution in [0.2, 0.25) is 0 Å². The van der Waals surface area contributed by atoms with Crippen molar-refractivity contribution >= 4 is 11.7 Å². The van der Waals surface area contributed by atoms with Gasteiger partial charge in [-0.2, -0.15) is 8.78 Å². The van der Waals surface area contributed by atoms with Gasteiger partial charge in [-0.25, -0.2) is 4.98 Å². The van der Waals surface area contributed by atoms with E-state index in [9.17, 15) is 13.6 Å². The number of anilines is 1. The van der Waals surface area contributed by atoms with Crippen molar-refractivity contribution < 1.29 is 27.8 Å². The van der Waals surface area contributed by atoms with E-state index in [2.05, 4.69) is 15.0 Å². The molecular formula is C22H18F2N2O4. The number of halogens is 2. The number of ether oxygens (including phenoxy) is 3. The van der Waals surface area contributed by atoms with Crippen LogP contribution in [0.25, 0.3) is 11.3 Å². The van der Waals surface area contributed by atoms with Crippen molar-refractivity contribution in [3.8, 4) is 28.5 Å². The number of nitrogens with zero attached hydrogens (tertiary/aromatic N) is 1.